The SMILES string of the molecule is CCC(C)C(=O)O[C@H]1[C@H](O)[C@]2(COC(C)=O)[C@H](O)[C@H](O)[C@]3(C)C(=CC[C@@H]4[C@@]5(C)CC[C@H](O[C@@H]6O[C@H](CO[C@@H]7OC[C@H](O)[C@H](O)[C@H]7O)[C@@H](O)[C@H](O)[C@H]6O[C@@H]6O[C@H](CO)[C@@H](O)[C@H](O)[C@H]6O)C(C)(C)[C@@H]5CC[C@]43C)[C@@H]2CC1(C)C. The minimum atomic E-state index is -1.88. The van der Waals surface area contributed by atoms with Crippen LogP contribution in [0.15, 0.2) is 11.6 Å². The van der Waals surface area contributed by atoms with Crippen molar-refractivity contribution < 1.29 is 109 Å². The van der Waals surface area contributed by atoms with Crippen LogP contribution in [0.2, 0.25) is 0 Å². The molecule has 22 heteroatoms. The molecule has 1 unspecified atom stereocenters. The van der Waals surface area contributed by atoms with E-state index in [4.69, 9.17) is 37.9 Å². The van der Waals surface area contributed by atoms with E-state index in [1.54, 1.807) is 6.92 Å². The second-order valence-corrected chi connectivity index (χ2v) is 25.7. The van der Waals surface area contributed by atoms with Crippen molar-refractivity contribution >= 4 is 11.9 Å². The topological polar surface area (TPSA) is 351 Å². The molecular weight excluding hydrogens is 1000 g/mol. The monoisotopic (exact) mass is 1090 g/mol. The molecule has 0 radical (unpaired) electrons. The highest BCUT2D eigenvalue weighted by molar-refractivity contribution is 5.72. The van der Waals surface area contributed by atoms with Crippen LogP contribution in [0.3, 0.4) is 0 Å². The molecule has 12 N–H and O–H groups in total. The summed E-state index contributed by atoms with van der Waals surface area (Å²) in [6.45, 7) is 17.2. The van der Waals surface area contributed by atoms with Gasteiger partial charge in [-0.15, -0.1) is 0 Å². The summed E-state index contributed by atoms with van der Waals surface area (Å²) >= 11 is 0. The van der Waals surface area contributed by atoms with E-state index >= 15 is 0 Å². The van der Waals surface area contributed by atoms with Crippen LogP contribution in [-0.4, -0.2) is 216 Å². The van der Waals surface area contributed by atoms with Crippen molar-refractivity contribution in [3.8, 4) is 0 Å². The Hall–Kier alpha value is -2.04. The van der Waals surface area contributed by atoms with Gasteiger partial charge in [0.1, 0.15) is 86.0 Å². The largest absolute Gasteiger partial charge is 0.465 e. The minimum absolute atomic E-state index is 0.0600. The number of rotatable bonds is 13. The van der Waals surface area contributed by atoms with Crippen LogP contribution in [0.5, 0.6) is 0 Å². The van der Waals surface area contributed by atoms with Gasteiger partial charge in [-0.25, -0.2) is 0 Å². The van der Waals surface area contributed by atoms with Crippen molar-refractivity contribution in [2.45, 2.75) is 231 Å². The Balaban J connectivity index is 1.09. The van der Waals surface area contributed by atoms with Crippen molar-refractivity contribution in [1.82, 2.24) is 0 Å². The van der Waals surface area contributed by atoms with Crippen LogP contribution >= 0.6 is 0 Å². The van der Waals surface area contributed by atoms with Crippen LogP contribution in [0.4, 0.5) is 0 Å². The van der Waals surface area contributed by atoms with Crippen molar-refractivity contribution in [2.75, 3.05) is 26.4 Å². The van der Waals surface area contributed by atoms with Crippen molar-refractivity contribution in [3.05, 3.63) is 11.6 Å². The highest BCUT2D eigenvalue weighted by atomic mass is 16.8. The maximum atomic E-state index is 13.4. The molecule has 4 saturated carbocycles. The lowest BCUT2D eigenvalue weighted by atomic mass is 9.32. The average Bonchev–Trinajstić information content (AvgIpc) is 3.36. The second kappa shape index (κ2) is 21.7. The van der Waals surface area contributed by atoms with Gasteiger partial charge >= 0.3 is 11.9 Å². The molecule has 3 aliphatic heterocycles. The van der Waals surface area contributed by atoms with Gasteiger partial charge in [0.25, 0.3) is 0 Å². The molecule has 0 spiro atoms. The molecule has 76 heavy (non-hydrogen) atoms. The molecule has 8 aliphatic rings. The summed E-state index contributed by atoms with van der Waals surface area (Å²) in [4.78, 5) is 25.9. The highest BCUT2D eigenvalue weighted by Crippen LogP contribution is 2.76. The van der Waals surface area contributed by atoms with E-state index in [2.05, 4.69) is 33.8 Å². The summed E-state index contributed by atoms with van der Waals surface area (Å²) in [6, 6.07) is 0. The maximum absolute atomic E-state index is 13.4. The number of ether oxygens (including phenoxy) is 8. The van der Waals surface area contributed by atoms with E-state index in [0.29, 0.717) is 44.9 Å². The van der Waals surface area contributed by atoms with Gasteiger partial charge in [0.05, 0.1) is 49.5 Å². The van der Waals surface area contributed by atoms with Crippen LogP contribution in [0, 0.1) is 56.2 Å². The lowest BCUT2D eigenvalue weighted by molar-refractivity contribution is -0.381. The zero-order chi connectivity index (χ0) is 56.2. The molecule has 0 aromatic heterocycles. The summed E-state index contributed by atoms with van der Waals surface area (Å²) in [5, 5.41) is 135. The molecule has 27 atom stereocenters. The molecule has 0 aromatic rings. The third kappa shape index (κ3) is 9.53. The van der Waals surface area contributed by atoms with Gasteiger partial charge in [-0.05, 0) is 78.9 Å². The molecule has 5 aliphatic carbocycles. The van der Waals surface area contributed by atoms with E-state index in [9.17, 15) is 70.9 Å². The fourth-order valence-electron chi connectivity index (χ4n) is 15.9. The van der Waals surface area contributed by atoms with Gasteiger partial charge in [-0.1, -0.05) is 74.0 Å². The minimum Gasteiger partial charge on any atom is -0.465 e. The Morgan fingerprint density at radius 2 is 1.38 bits per heavy atom. The fourth-order valence-corrected chi connectivity index (χ4v) is 15.9. The van der Waals surface area contributed by atoms with Crippen molar-refractivity contribution in [2.24, 2.45) is 56.2 Å². The molecule has 0 aromatic carbocycles. The standard InChI is InChI=1S/C54H88O22/c1-11-23(2)45(68)76-44-43(67)54(22-71-24(3)56)26(18-49(44,4)5)25-12-13-31-51(8)16-15-32(50(6,7)30(51)14-17-52(31,9)53(25,10)41(65)42(54)66)74-48-40(75-47-39(64)36(61)34(59)28(19-55)72-47)37(62)35(60)29(73-48)21-70-46-38(63)33(58)27(57)20-69-46/h12,23,26-44,46-48,55,57-67H,11,13-22H2,1-10H3/t23?,26-,27-,28+,29+,30-,31+,32-,33-,34+,35+,36-,37-,38+,39+,40+,41-,42+,43-,44-,46-,47-,48-,51-,52+,53-,54-/m0/s1. The van der Waals surface area contributed by atoms with Crippen LogP contribution in [0.25, 0.3) is 0 Å². The molecule has 7 fully saturated rings. The molecule has 3 heterocycles. The number of esters is 2. The first-order valence-corrected chi connectivity index (χ1v) is 27.4. The number of hydrogen-bond donors (Lipinski definition) is 12. The normalized spacial score (nSPS) is 51.2. The summed E-state index contributed by atoms with van der Waals surface area (Å²) in [6.07, 6.45) is -23.3. The smallest absolute Gasteiger partial charge is 0.309 e. The molecule has 3 saturated heterocycles. The number of aliphatic hydroxyl groups excluding tert-OH is 12. The Morgan fingerprint density at radius 1 is 0.737 bits per heavy atom. The van der Waals surface area contributed by atoms with Crippen molar-refractivity contribution in [3.63, 3.8) is 0 Å². The maximum Gasteiger partial charge on any atom is 0.309 e. The van der Waals surface area contributed by atoms with E-state index in [1.165, 1.54) is 6.92 Å². The number of fused-ring (bicyclic) bond motifs is 7. The predicted octanol–water partition coefficient (Wildman–Crippen LogP) is -0.696. The summed E-state index contributed by atoms with van der Waals surface area (Å²) in [5.41, 5.74) is -4.40. The molecule has 8 rings (SSSR count). The zero-order valence-electron chi connectivity index (χ0n) is 45.6. The van der Waals surface area contributed by atoms with Crippen molar-refractivity contribution in [1.29, 1.82) is 0 Å². The van der Waals surface area contributed by atoms with E-state index in [0.717, 1.165) is 5.57 Å². The first-order valence-electron chi connectivity index (χ1n) is 27.4. The Kier molecular flexibility index (Phi) is 17.1. The first-order chi connectivity index (χ1) is 35.4. The number of hydrogen-bond acceptors (Lipinski definition) is 22. The van der Waals surface area contributed by atoms with Gasteiger partial charge in [0.2, 0.25) is 0 Å². The van der Waals surface area contributed by atoms with E-state index in [-0.39, 0.29) is 18.4 Å². The lowest BCUT2D eigenvalue weighted by Crippen LogP contribution is -2.76. The number of aliphatic hydroxyl groups is 12. The highest BCUT2D eigenvalue weighted by Gasteiger charge is 2.76. The molecular formula is C54H88O22. The van der Waals surface area contributed by atoms with Gasteiger partial charge in [0.15, 0.2) is 18.9 Å². The van der Waals surface area contributed by atoms with Crippen LogP contribution in [-0.2, 0) is 47.5 Å². The Morgan fingerprint density at radius 3 is 2.03 bits per heavy atom. The van der Waals surface area contributed by atoms with Gasteiger partial charge < -0.3 is 99.2 Å². The Bertz CT molecular complexity index is 2110. The lowest BCUT2D eigenvalue weighted by Gasteiger charge is -2.73. The van der Waals surface area contributed by atoms with E-state index < -0.39 is 193 Å². The molecule has 436 valence electrons. The summed E-state index contributed by atoms with van der Waals surface area (Å²) < 4.78 is 48.0. The van der Waals surface area contributed by atoms with E-state index in [1.807, 2.05) is 27.7 Å². The second-order valence-electron chi connectivity index (χ2n) is 25.7. The number of carbonyl (C=O) groups is 2. The predicted molar refractivity (Wildman–Crippen MR) is 262 cm³/mol. The third-order valence-electron chi connectivity index (χ3n) is 20.9. The van der Waals surface area contributed by atoms with Gasteiger partial charge in [-0.3, -0.25) is 9.59 Å². The Labute approximate surface area is 444 Å². The molecule has 22 nitrogen and oxygen atoms in total. The van der Waals surface area contributed by atoms with Gasteiger partial charge in [0, 0.05) is 17.8 Å². The number of carbonyl (C=O) groups excluding carboxylic acids is 2. The molecule has 0 amide bonds. The van der Waals surface area contributed by atoms with Gasteiger partial charge in [-0.2, -0.15) is 0 Å². The summed E-state index contributed by atoms with van der Waals surface area (Å²) in [5.74, 6) is -2.32. The third-order valence-corrected chi connectivity index (χ3v) is 20.9. The molecule has 0 bridgehead atoms. The zero-order valence-corrected chi connectivity index (χ0v) is 45.6. The first kappa shape index (κ1) is 60.1. The number of allylic oxidation sites excluding steroid dienone is 1. The summed E-state index contributed by atoms with van der Waals surface area (Å²) in [7, 11) is 0. The quantitative estimate of drug-likeness (QED) is 0.0617. The average molecular weight is 1090 g/mol. The van der Waals surface area contributed by atoms with Crippen LogP contribution < -0.4 is 0 Å². The fraction of sp³-hybridized carbons (Fsp3) is 0.926. The van der Waals surface area contributed by atoms with Crippen LogP contribution in [0.1, 0.15) is 114 Å².